The zero-order valence-electron chi connectivity index (χ0n) is 12.0. The van der Waals surface area contributed by atoms with Crippen LogP contribution in [-0.2, 0) is 21.3 Å². The van der Waals surface area contributed by atoms with Gasteiger partial charge in [0.2, 0.25) is 10.0 Å². The molecule has 0 aliphatic carbocycles. The van der Waals surface area contributed by atoms with Crippen LogP contribution in [0.2, 0.25) is 5.02 Å². The topological polar surface area (TPSA) is 72.7 Å². The maximum Gasteiger partial charge on any atom is 0.214 e. The number of halogens is 1. The van der Waals surface area contributed by atoms with E-state index in [2.05, 4.69) is 9.71 Å². The fourth-order valence-electron chi connectivity index (χ4n) is 2.53. The number of nitrogens with one attached hydrogen (secondary N) is 1. The van der Waals surface area contributed by atoms with Gasteiger partial charge < -0.3 is 9.14 Å². The predicted molar refractivity (Wildman–Crippen MR) is 84.4 cm³/mol. The number of hydrogen-bond donors (Lipinski definition) is 1. The number of fused-ring (bicyclic) bond motifs is 1. The van der Waals surface area contributed by atoms with Gasteiger partial charge in [0.15, 0.2) is 0 Å². The van der Waals surface area contributed by atoms with Crippen LogP contribution in [0.1, 0.15) is 25.0 Å². The highest BCUT2D eigenvalue weighted by atomic mass is 35.5. The highest BCUT2D eigenvalue weighted by Gasteiger charge is 2.22. The molecule has 8 heteroatoms. The van der Waals surface area contributed by atoms with E-state index in [0.29, 0.717) is 17.3 Å². The van der Waals surface area contributed by atoms with Gasteiger partial charge >= 0.3 is 0 Å². The molecule has 3 heterocycles. The van der Waals surface area contributed by atoms with Gasteiger partial charge in [0.25, 0.3) is 0 Å². The number of aromatic nitrogens is 2. The van der Waals surface area contributed by atoms with Gasteiger partial charge in [-0.15, -0.1) is 0 Å². The van der Waals surface area contributed by atoms with E-state index in [9.17, 15) is 8.42 Å². The smallest absolute Gasteiger partial charge is 0.214 e. The minimum Gasteiger partial charge on any atom is -0.377 e. The Labute approximate surface area is 134 Å². The van der Waals surface area contributed by atoms with Crippen LogP contribution in [-0.4, -0.2) is 36.3 Å². The monoisotopic (exact) mass is 343 g/mol. The summed E-state index contributed by atoms with van der Waals surface area (Å²) in [5.41, 5.74) is 1.38. The van der Waals surface area contributed by atoms with E-state index >= 15 is 0 Å². The maximum atomic E-state index is 12.1. The van der Waals surface area contributed by atoms with E-state index in [1.165, 1.54) is 0 Å². The summed E-state index contributed by atoms with van der Waals surface area (Å²) in [7, 11) is -3.38. The number of imidazole rings is 1. The molecule has 120 valence electrons. The first-order chi connectivity index (χ1) is 10.5. The molecule has 3 rings (SSSR count). The van der Waals surface area contributed by atoms with Gasteiger partial charge in [-0.3, -0.25) is 0 Å². The molecule has 1 aliphatic heterocycles. The average Bonchev–Trinajstić information content (AvgIpc) is 2.88. The van der Waals surface area contributed by atoms with Crippen LogP contribution < -0.4 is 4.72 Å². The standard InChI is InChI=1S/C14H18ClN3O3S/c15-11-4-5-14-17-12(9-18(14)8-11)7-16-22(19,20)10-13-3-1-2-6-21-13/h4-5,8-9,13,16H,1-3,6-7,10H2. The summed E-state index contributed by atoms with van der Waals surface area (Å²) in [6, 6.07) is 3.54. The lowest BCUT2D eigenvalue weighted by atomic mass is 10.1. The lowest BCUT2D eigenvalue weighted by molar-refractivity contribution is 0.0304. The highest BCUT2D eigenvalue weighted by Crippen LogP contribution is 2.15. The lowest BCUT2D eigenvalue weighted by Crippen LogP contribution is -2.34. The second-order valence-electron chi connectivity index (χ2n) is 5.44. The summed E-state index contributed by atoms with van der Waals surface area (Å²) in [6.07, 6.45) is 6.12. The van der Waals surface area contributed by atoms with E-state index in [-0.39, 0.29) is 18.4 Å². The molecule has 1 aliphatic rings. The van der Waals surface area contributed by atoms with Crippen LogP contribution in [0, 0.1) is 0 Å². The molecule has 0 amide bonds. The largest absolute Gasteiger partial charge is 0.377 e. The number of rotatable bonds is 5. The van der Waals surface area contributed by atoms with Crippen LogP contribution in [0.4, 0.5) is 0 Å². The van der Waals surface area contributed by atoms with Crippen molar-refractivity contribution in [1.82, 2.24) is 14.1 Å². The van der Waals surface area contributed by atoms with Crippen LogP contribution in [0.3, 0.4) is 0 Å². The van der Waals surface area contributed by atoms with Crippen molar-refractivity contribution in [3.05, 3.63) is 35.2 Å². The normalized spacial score (nSPS) is 19.6. The predicted octanol–water partition coefficient (Wildman–Crippen LogP) is 1.98. The van der Waals surface area contributed by atoms with Crippen LogP contribution in [0.5, 0.6) is 0 Å². The number of pyridine rings is 1. The summed E-state index contributed by atoms with van der Waals surface area (Å²) in [4.78, 5) is 4.35. The van der Waals surface area contributed by atoms with Crippen molar-refractivity contribution >= 4 is 27.3 Å². The number of hydrogen-bond acceptors (Lipinski definition) is 4. The highest BCUT2D eigenvalue weighted by molar-refractivity contribution is 7.89. The van der Waals surface area contributed by atoms with E-state index in [0.717, 1.165) is 24.9 Å². The van der Waals surface area contributed by atoms with Gasteiger partial charge in [-0.1, -0.05) is 11.6 Å². The third kappa shape index (κ3) is 3.98. The molecule has 0 aromatic carbocycles. The van der Waals surface area contributed by atoms with Crippen molar-refractivity contribution in [1.29, 1.82) is 0 Å². The maximum absolute atomic E-state index is 12.1. The first kappa shape index (κ1) is 15.7. The van der Waals surface area contributed by atoms with Crippen molar-refractivity contribution in [2.45, 2.75) is 31.9 Å². The lowest BCUT2D eigenvalue weighted by Gasteiger charge is -2.22. The van der Waals surface area contributed by atoms with Crippen LogP contribution in [0.15, 0.2) is 24.5 Å². The van der Waals surface area contributed by atoms with Crippen LogP contribution in [0.25, 0.3) is 5.65 Å². The molecule has 2 aromatic rings. The Morgan fingerprint density at radius 2 is 2.23 bits per heavy atom. The molecule has 1 unspecified atom stereocenters. The first-order valence-corrected chi connectivity index (χ1v) is 9.27. The summed E-state index contributed by atoms with van der Waals surface area (Å²) >= 11 is 5.91. The van der Waals surface area contributed by atoms with E-state index in [4.69, 9.17) is 16.3 Å². The molecule has 0 bridgehead atoms. The fourth-order valence-corrected chi connectivity index (χ4v) is 3.93. The Balaban J connectivity index is 1.62. The molecule has 0 saturated carbocycles. The number of ether oxygens (including phenoxy) is 1. The molecule has 1 fully saturated rings. The molecule has 1 atom stereocenters. The van der Waals surface area contributed by atoms with Crippen LogP contribution >= 0.6 is 11.6 Å². The molecule has 2 aromatic heterocycles. The van der Waals surface area contributed by atoms with Gasteiger partial charge in [-0.2, -0.15) is 0 Å². The second-order valence-corrected chi connectivity index (χ2v) is 7.72. The Morgan fingerprint density at radius 1 is 1.36 bits per heavy atom. The number of nitrogens with zero attached hydrogens (tertiary/aromatic N) is 2. The van der Waals surface area contributed by atoms with E-state index < -0.39 is 10.0 Å². The van der Waals surface area contributed by atoms with Gasteiger partial charge in [0.1, 0.15) is 5.65 Å². The third-order valence-electron chi connectivity index (χ3n) is 3.62. The molecular weight excluding hydrogens is 326 g/mol. The number of sulfonamides is 1. The fraction of sp³-hybridized carbons (Fsp3) is 0.500. The minimum absolute atomic E-state index is 0.00615. The Morgan fingerprint density at radius 3 is 3.00 bits per heavy atom. The van der Waals surface area contributed by atoms with Crippen molar-refractivity contribution in [2.75, 3.05) is 12.4 Å². The molecule has 0 radical (unpaired) electrons. The zero-order valence-corrected chi connectivity index (χ0v) is 13.6. The molecular formula is C14H18ClN3O3S. The van der Waals surface area contributed by atoms with E-state index in [1.54, 1.807) is 28.9 Å². The van der Waals surface area contributed by atoms with Gasteiger partial charge in [-0.05, 0) is 31.4 Å². The molecule has 0 spiro atoms. The van der Waals surface area contributed by atoms with Gasteiger partial charge in [0, 0.05) is 19.0 Å². The Kier molecular flexibility index (Phi) is 4.67. The summed E-state index contributed by atoms with van der Waals surface area (Å²) in [5, 5.41) is 0.603. The minimum atomic E-state index is -3.38. The Hall–Kier alpha value is -1.15. The van der Waals surface area contributed by atoms with Crippen molar-refractivity contribution < 1.29 is 13.2 Å². The first-order valence-electron chi connectivity index (χ1n) is 7.24. The molecule has 6 nitrogen and oxygen atoms in total. The molecule has 22 heavy (non-hydrogen) atoms. The SMILES string of the molecule is O=S(=O)(CC1CCCCO1)NCc1cn2cc(Cl)ccc2n1. The summed E-state index contributed by atoms with van der Waals surface area (Å²) < 4.78 is 34.0. The zero-order chi connectivity index (χ0) is 15.6. The van der Waals surface area contributed by atoms with Gasteiger partial charge in [0.05, 0.1) is 29.1 Å². The van der Waals surface area contributed by atoms with E-state index in [1.807, 2.05) is 0 Å². The molecule has 1 saturated heterocycles. The van der Waals surface area contributed by atoms with Crippen molar-refractivity contribution in [3.8, 4) is 0 Å². The third-order valence-corrected chi connectivity index (χ3v) is 5.24. The summed E-state index contributed by atoms with van der Waals surface area (Å²) in [6.45, 7) is 0.807. The quantitative estimate of drug-likeness (QED) is 0.901. The Bertz CT molecular complexity index is 754. The van der Waals surface area contributed by atoms with Gasteiger partial charge in [-0.25, -0.2) is 18.1 Å². The van der Waals surface area contributed by atoms with Crippen molar-refractivity contribution in [2.24, 2.45) is 0 Å². The summed E-state index contributed by atoms with van der Waals surface area (Å²) in [5.74, 6) is 0.00615. The second kappa shape index (κ2) is 6.54. The molecule has 1 N–H and O–H groups in total. The average molecular weight is 344 g/mol. The van der Waals surface area contributed by atoms with Crippen molar-refractivity contribution in [3.63, 3.8) is 0 Å².